The van der Waals surface area contributed by atoms with E-state index in [4.69, 9.17) is 11.6 Å². The number of ketones is 1. The molecule has 1 aromatic heterocycles. The predicted octanol–water partition coefficient (Wildman–Crippen LogP) is 5.46. The molecule has 3 nitrogen and oxygen atoms in total. The van der Waals surface area contributed by atoms with Crippen molar-refractivity contribution in [2.45, 2.75) is 14.4 Å². The van der Waals surface area contributed by atoms with Crippen molar-refractivity contribution < 1.29 is 4.79 Å². The number of Topliss-reactive ketones (excluding diaryl/α,β-unsaturated/α-hetero) is 1. The van der Waals surface area contributed by atoms with E-state index in [0.717, 1.165) is 30.6 Å². The molecule has 0 saturated carbocycles. The first-order valence-corrected chi connectivity index (χ1v) is 10.3. The summed E-state index contributed by atoms with van der Waals surface area (Å²) in [6.07, 6.45) is 0. The van der Waals surface area contributed by atoms with Gasteiger partial charge in [-0.25, -0.2) is 0 Å². The van der Waals surface area contributed by atoms with Gasteiger partial charge in [0.1, 0.15) is 0 Å². The number of rotatable bonds is 7. The number of aromatic nitrogens is 2. The minimum Gasteiger partial charge on any atom is -0.293 e. The second-order valence-corrected chi connectivity index (χ2v) is 8.62. The van der Waals surface area contributed by atoms with Crippen LogP contribution in [-0.2, 0) is 5.75 Å². The number of hydrogen-bond donors (Lipinski definition) is 0. The van der Waals surface area contributed by atoms with Crippen molar-refractivity contribution in [3.8, 4) is 0 Å². The van der Waals surface area contributed by atoms with Gasteiger partial charge >= 0.3 is 0 Å². The van der Waals surface area contributed by atoms with Crippen molar-refractivity contribution in [1.82, 2.24) is 10.2 Å². The molecule has 1 heterocycles. The molecule has 0 fully saturated rings. The third kappa shape index (κ3) is 4.83. The van der Waals surface area contributed by atoms with E-state index in [2.05, 4.69) is 10.2 Å². The summed E-state index contributed by atoms with van der Waals surface area (Å²) < 4.78 is 1.69. The summed E-state index contributed by atoms with van der Waals surface area (Å²) in [4.78, 5) is 12.1. The highest BCUT2D eigenvalue weighted by Crippen LogP contribution is 2.32. The summed E-state index contributed by atoms with van der Waals surface area (Å²) in [7, 11) is 0. The smallest absolute Gasteiger partial charge is 0.175 e. The summed E-state index contributed by atoms with van der Waals surface area (Å²) in [5, 5.41) is 9.07. The van der Waals surface area contributed by atoms with Crippen LogP contribution >= 0.6 is 46.5 Å². The molecular weight excluding hydrogens is 380 g/mol. The van der Waals surface area contributed by atoms with E-state index >= 15 is 0 Å². The van der Waals surface area contributed by atoms with Crippen LogP contribution in [0.25, 0.3) is 0 Å². The van der Waals surface area contributed by atoms with Gasteiger partial charge in [-0.3, -0.25) is 4.79 Å². The molecule has 3 rings (SSSR count). The highest BCUT2D eigenvalue weighted by atomic mass is 35.5. The lowest BCUT2D eigenvalue weighted by atomic mass is 10.2. The van der Waals surface area contributed by atoms with Gasteiger partial charge in [-0.1, -0.05) is 95.0 Å². The first-order chi connectivity index (χ1) is 11.7. The monoisotopic (exact) mass is 392 g/mol. The fourth-order valence-corrected chi connectivity index (χ4v) is 5.10. The third-order valence-electron chi connectivity index (χ3n) is 3.12. The van der Waals surface area contributed by atoms with Gasteiger partial charge in [0, 0.05) is 16.3 Å². The minimum atomic E-state index is 0.0982. The van der Waals surface area contributed by atoms with Crippen LogP contribution in [0.15, 0.2) is 63.3 Å². The molecule has 122 valence electrons. The molecule has 0 atom stereocenters. The molecule has 0 aliphatic carbocycles. The van der Waals surface area contributed by atoms with Crippen molar-refractivity contribution in [3.05, 3.63) is 70.7 Å². The Morgan fingerprint density at radius 2 is 1.62 bits per heavy atom. The zero-order chi connectivity index (χ0) is 16.8. The maximum absolute atomic E-state index is 12.1. The quantitative estimate of drug-likeness (QED) is 0.394. The van der Waals surface area contributed by atoms with Gasteiger partial charge in [0.2, 0.25) is 0 Å². The molecule has 0 amide bonds. The number of thioether (sulfide) groups is 2. The minimum absolute atomic E-state index is 0.0982. The van der Waals surface area contributed by atoms with Crippen LogP contribution in [0.3, 0.4) is 0 Å². The maximum Gasteiger partial charge on any atom is 0.175 e. The first kappa shape index (κ1) is 17.5. The maximum atomic E-state index is 12.1. The van der Waals surface area contributed by atoms with Crippen molar-refractivity contribution in [1.29, 1.82) is 0 Å². The Morgan fingerprint density at radius 1 is 0.958 bits per heavy atom. The van der Waals surface area contributed by atoms with Crippen LogP contribution in [0, 0.1) is 0 Å². The fourth-order valence-electron chi connectivity index (χ4n) is 1.90. The average Bonchev–Trinajstić information content (AvgIpc) is 3.08. The third-order valence-corrected chi connectivity index (χ3v) is 6.73. The topological polar surface area (TPSA) is 42.9 Å². The van der Waals surface area contributed by atoms with Gasteiger partial charge in [0.25, 0.3) is 0 Å². The Balaban J connectivity index is 1.52. The predicted molar refractivity (Wildman–Crippen MR) is 102 cm³/mol. The van der Waals surface area contributed by atoms with Gasteiger partial charge in [0.05, 0.1) is 5.75 Å². The zero-order valence-electron chi connectivity index (χ0n) is 12.5. The molecule has 2 aromatic carbocycles. The summed E-state index contributed by atoms with van der Waals surface area (Å²) in [5.41, 5.74) is 1.80. The van der Waals surface area contributed by atoms with Crippen molar-refractivity contribution in [2.24, 2.45) is 0 Å². The largest absolute Gasteiger partial charge is 0.293 e. The Hall–Kier alpha value is -1.34. The van der Waals surface area contributed by atoms with Gasteiger partial charge in [-0.05, 0) is 11.6 Å². The Bertz CT molecular complexity index is 823. The zero-order valence-corrected chi connectivity index (χ0v) is 15.7. The standard InChI is InChI=1S/C17H13ClN2OS3/c18-14-9-5-4-8-13(14)10-22-16-19-20-17(24-16)23-11-15(21)12-6-2-1-3-7-12/h1-9H,10-11H2. The highest BCUT2D eigenvalue weighted by Gasteiger charge is 2.10. The van der Waals surface area contributed by atoms with Crippen LogP contribution in [0.2, 0.25) is 5.02 Å². The van der Waals surface area contributed by atoms with Gasteiger partial charge in [-0.15, -0.1) is 10.2 Å². The molecule has 0 radical (unpaired) electrons. The second-order valence-electron chi connectivity index (χ2n) is 4.79. The molecule has 0 unspecified atom stereocenters. The van der Waals surface area contributed by atoms with Crippen LogP contribution < -0.4 is 0 Å². The molecular formula is C17H13ClN2OS3. The van der Waals surface area contributed by atoms with E-state index < -0.39 is 0 Å². The van der Waals surface area contributed by atoms with Gasteiger partial charge in [0.15, 0.2) is 14.5 Å². The Kier molecular flexibility index (Phi) is 6.31. The SMILES string of the molecule is O=C(CSc1nnc(SCc2ccccc2Cl)s1)c1ccccc1. The number of carbonyl (C=O) groups is 1. The molecule has 0 aliphatic rings. The first-order valence-electron chi connectivity index (χ1n) is 7.13. The summed E-state index contributed by atoms with van der Waals surface area (Å²) in [6.45, 7) is 0. The average molecular weight is 393 g/mol. The van der Waals surface area contributed by atoms with E-state index in [9.17, 15) is 4.79 Å². The number of nitrogens with zero attached hydrogens (tertiary/aromatic N) is 2. The van der Waals surface area contributed by atoms with Crippen molar-refractivity contribution in [2.75, 3.05) is 5.75 Å². The Labute approximate surface area is 157 Å². The fraction of sp³-hybridized carbons (Fsp3) is 0.118. The van der Waals surface area contributed by atoms with Crippen LogP contribution in [-0.4, -0.2) is 21.7 Å². The van der Waals surface area contributed by atoms with Crippen LogP contribution in [0.5, 0.6) is 0 Å². The van der Waals surface area contributed by atoms with E-state index in [0.29, 0.717) is 5.75 Å². The summed E-state index contributed by atoms with van der Waals surface area (Å²) in [6, 6.07) is 17.1. The molecule has 0 aliphatic heterocycles. The lowest BCUT2D eigenvalue weighted by Gasteiger charge is -2.00. The lowest BCUT2D eigenvalue weighted by molar-refractivity contribution is 0.102. The molecule has 0 spiro atoms. The van der Waals surface area contributed by atoms with Crippen molar-refractivity contribution >= 4 is 52.2 Å². The molecule has 24 heavy (non-hydrogen) atoms. The number of benzene rings is 2. The molecule has 0 saturated heterocycles. The van der Waals surface area contributed by atoms with E-state index in [1.54, 1.807) is 11.8 Å². The summed E-state index contributed by atoms with van der Waals surface area (Å²) >= 11 is 10.7. The second kappa shape index (κ2) is 8.67. The van der Waals surface area contributed by atoms with Gasteiger partial charge < -0.3 is 0 Å². The van der Waals surface area contributed by atoms with E-state index in [1.165, 1.54) is 23.1 Å². The molecule has 0 N–H and O–H groups in total. The van der Waals surface area contributed by atoms with E-state index in [-0.39, 0.29) is 5.78 Å². The van der Waals surface area contributed by atoms with Crippen LogP contribution in [0.1, 0.15) is 15.9 Å². The van der Waals surface area contributed by atoms with Crippen LogP contribution in [0.4, 0.5) is 0 Å². The van der Waals surface area contributed by atoms with E-state index in [1.807, 2.05) is 54.6 Å². The Morgan fingerprint density at radius 3 is 2.38 bits per heavy atom. The molecule has 7 heteroatoms. The number of halogens is 1. The molecule has 3 aromatic rings. The number of carbonyl (C=O) groups excluding carboxylic acids is 1. The highest BCUT2D eigenvalue weighted by molar-refractivity contribution is 8.03. The van der Waals surface area contributed by atoms with Gasteiger partial charge in [-0.2, -0.15) is 0 Å². The summed E-state index contributed by atoms with van der Waals surface area (Å²) in [5.74, 6) is 1.22. The lowest BCUT2D eigenvalue weighted by Crippen LogP contribution is -2.01. The normalized spacial score (nSPS) is 10.7. The molecule has 0 bridgehead atoms. The number of hydrogen-bond acceptors (Lipinski definition) is 6. The van der Waals surface area contributed by atoms with Crippen molar-refractivity contribution in [3.63, 3.8) is 0 Å².